The van der Waals surface area contributed by atoms with Crippen molar-refractivity contribution < 1.29 is 4.42 Å². The summed E-state index contributed by atoms with van der Waals surface area (Å²) in [6, 6.07) is 63.7. The lowest BCUT2D eigenvalue weighted by Gasteiger charge is -2.12. The first kappa shape index (κ1) is 31.9. The molecule has 266 valence electrons. The quantitative estimate of drug-likeness (QED) is 0.176. The van der Waals surface area contributed by atoms with Gasteiger partial charge in [-0.05, 0) is 71.8 Å². The summed E-state index contributed by atoms with van der Waals surface area (Å²) in [4.78, 5) is 15.5. The van der Waals surface area contributed by atoms with Gasteiger partial charge in [-0.3, -0.25) is 0 Å². The van der Waals surface area contributed by atoms with Gasteiger partial charge in [0.2, 0.25) is 0 Å². The monoisotopic (exact) mass is 746 g/mol. The third-order valence-corrected chi connectivity index (χ3v) is 12.2. The Morgan fingerprint density at radius 2 is 1.00 bits per heavy atom. The summed E-state index contributed by atoms with van der Waals surface area (Å²) >= 11 is 1.85. The summed E-state index contributed by atoms with van der Waals surface area (Å²) < 4.78 is 11.3. The standard InChI is InChI=1S/C51H30N4OS/c1-2-12-31(13-3-1)32-14-10-15-33(28-32)49-52-50(54-51(53-49)35-24-25-38-37-18-5-8-22-43(37)56-44(38)30-35)34-16-11-17-36(29-34)55-41-21-7-4-19-39(41)47-42(55)26-27-46-48(47)40-20-6-9-23-45(40)57-46/h1-30H. The third kappa shape index (κ3) is 5.12. The summed E-state index contributed by atoms with van der Waals surface area (Å²) in [5.41, 5.74) is 9.91. The van der Waals surface area contributed by atoms with Crippen molar-refractivity contribution in [2.75, 3.05) is 0 Å². The zero-order valence-corrected chi connectivity index (χ0v) is 31.2. The molecule has 0 bridgehead atoms. The zero-order valence-electron chi connectivity index (χ0n) is 30.4. The number of benzene rings is 8. The molecule has 0 aliphatic heterocycles. The van der Waals surface area contributed by atoms with Crippen molar-refractivity contribution in [1.82, 2.24) is 19.5 Å². The van der Waals surface area contributed by atoms with Crippen LogP contribution in [0.4, 0.5) is 0 Å². The lowest BCUT2D eigenvalue weighted by Crippen LogP contribution is -2.01. The molecular formula is C51H30N4OS. The molecule has 0 aliphatic rings. The van der Waals surface area contributed by atoms with E-state index in [1.807, 2.05) is 41.7 Å². The third-order valence-electron chi connectivity index (χ3n) is 11.0. The van der Waals surface area contributed by atoms with Crippen molar-refractivity contribution in [3.63, 3.8) is 0 Å². The number of hydrogen-bond donors (Lipinski definition) is 0. The lowest BCUT2D eigenvalue weighted by molar-refractivity contribution is 0.669. The number of nitrogens with zero attached hydrogens (tertiary/aromatic N) is 4. The molecule has 0 spiro atoms. The van der Waals surface area contributed by atoms with Gasteiger partial charge in [0.1, 0.15) is 11.2 Å². The van der Waals surface area contributed by atoms with E-state index < -0.39 is 0 Å². The molecule has 8 aromatic carbocycles. The summed E-state index contributed by atoms with van der Waals surface area (Å²) in [6.07, 6.45) is 0. The number of para-hydroxylation sites is 2. The van der Waals surface area contributed by atoms with Crippen LogP contribution in [0.2, 0.25) is 0 Å². The molecule has 12 rings (SSSR count). The van der Waals surface area contributed by atoms with Crippen LogP contribution in [0.5, 0.6) is 0 Å². The van der Waals surface area contributed by atoms with Crippen LogP contribution < -0.4 is 0 Å². The van der Waals surface area contributed by atoms with E-state index >= 15 is 0 Å². The average molecular weight is 747 g/mol. The molecular weight excluding hydrogens is 717 g/mol. The largest absolute Gasteiger partial charge is 0.456 e. The summed E-state index contributed by atoms with van der Waals surface area (Å²) in [5, 5.41) is 7.26. The Morgan fingerprint density at radius 3 is 1.84 bits per heavy atom. The molecule has 4 heterocycles. The smallest absolute Gasteiger partial charge is 0.164 e. The van der Waals surface area contributed by atoms with Crippen LogP contribution in [-0.4, -0.2) is 19.5 Å². The van der Waals surface area contributed by atoms with Crippen LogP contribution >= 0.6 is 11.3 Å². The minimum Gasteiger partial charge on any atom is -0.456 e. The molecule has 0 amide bonds. The van der Waals surface area contributed by atoms with Crippen LogP contribution in [0, 0.1) is 0 Å². The number of furan rings is 1. The van der Waals surface area contributed by atoms with Gasteiger partial charge in [0.15, 0.2) is 17.5 Å². The van der Waals surface area contributed by atoms with Crippen LogP contribution in [0.15, 0.2) is 186 Å². The van der Waals surface area contributed by atoms with E-state index in [-0.39, 0.29) is 0 Å². The van der Waals surface area contributed by atoms with Crippen molar-refractivity contribution in [2.45, 2.75) is 0 Å². The Morgan fingerprint density at radius 1 is 0.368 bits per heavy atom. The van der Waals surface area contributed by atoms with E-state index in [9.17, 15) is 0 Å². The molecule has 0 unspecified atom stereocenters. The lowest BCUT2D eigenvalue weighted by atomic mass is 10.0. The molecule has 0 aliphatic carbocycles. The highest BCUT2D eigenvalue weighted by Crippen LogP contribution is 2.43. The first-order valence-electron chi connectivity index (χ1n) is 19.0. The minimum atomic E-state index is 0.580. The number of hydrogen-bond acceptors (Lipinski definition) is 5. The first-order valence-corrected chi connectivity index (χ1v) is 19.8. The fraction of sp³-hybridized carbons (Fsp3) is 0. The van der Waals surface area contributed by atoms with Gasteiger partial charge in [-0.2, -0.15) is 0 Å². The van der Waals surface area contributed by atoms with Crippen molar-refractivity contribution in [2.24, 2.45) is 0 Å². The summed E-state index contributed by atoms with van der Waals surface area (Å²) in [5.74, 6) is 1.78. The molecule has 4 aromatic heterocycles. The van der Waals surface area contributed by atoms with Crippen LogP contribution in [0.3, 0.4) is 0 Å². The van der Waals surface area contributed by atoms with Crippen molar-refractivity contribution in [3.8, 4) is 51.0 Å². The molecule has 0 atom stereocenters. The van der Waals surface area contributed by atoms with E-state index in [0.29, 0.717) is 17.5 Å². The second kappa shape index (κ2) is 12.6. The van der Waals surface area contributed by atoms with Gasteiger partial charge in [-0.1, -0.05) is 121 Å². The molecule has 5 nitrogen and oxygen atoms in total. The Bertz CT molecular complexity index is 3540. The van der Waals surface area contributed by atoms with Crippen LogP contribution in [0.25, 0.3) is 115 Å². The predicted molar refractivity (Wildman–Crippen MR) is 236 cm³/mol. The highest BCUT2D eigenvalue weighted by Gasteiger charge is 2.20. The second-order valence-corrected chi connectivity index (χ2v) is 15.5. The molecule has 0 radical (unpaired) electrons. The molecule has 6 heteroatoms. The molecule has 57 heavy (non-hydrogen) atoms. The normalized spacial score (nSPS) is 11.9. The predicted octanol–water partition coefficient (Wildman–Crippen LogP) is 13.9. The molecule has 12 aromatic rings. The van der Waals surface area contributed by atoms with Crippen molar-refractivity contribution in [3.05, 3.63) is 182 Å². The fourth-order valence-corrected chi connectivity index (χ4v) is 9.55. The number of aromatic nitrogens is 4. The maximum atomic E-state index is 6.31. The Kier molecular flexibility index (Phi) is 7.03. The van der Waals surface area contributed by atoms with Gasteiger partial charge in [0, 0.05) is 64.1 Å². The van der Waals surface area contributed by atoms with Gasteiger partial charge in [-0.25, -0.2) is 15.0 Å². The highest BCUT2D eigenvalue weighted by atomic mass is 32.1. The maximum Gasteiger partial charge on any atom is 0.164 e. The van der Waals surface area contributed by atoms with Gasteiger partial charge >= 0.3 is 0 Å². The topological polar surface area (TPSA) is 56.7 Å². The summed E-state index contributed by atoms with van der Waals surface area (Å²) in [6.45, 7) is 0. The van der Waals surface area contributed by atoms with Gasteiger partial charge in [0.25, 0.3) is 0 Å². The van der Waals surface area contributed by atoms with Crippen LogP contribution in [-0.2, 0) is 0 Å². The minimum absolute atomic E-state index is 0.580. The number of fused-ring (bicyclic) bond motifs is 10. The molecule has 0 saturated heterocycles. The Labute approximate surface area is 330 Å². The Balaban J connectivity index is 1.06. The molecule has 0 saturated carbocycles. The van der Waals surface area contributed by atoms with E-state index in [2.05, 4.69) is 156 Å². The summed E-state index contributed by atoms with van der Waals surface area (Å²) in [7, 11) is 0. The van der Waals surface area contributed by atoms with Crippen molar-refractivity contribution in [1.29, 1.82) is 0 Å². The molecule has 0 fully saturated rings. The first-order chi connectivity index (χ1) is 28.2. The van der Waals surface area contributed by atoms with Gasteiger partial charge < -0.3 is 8.98 Å². The van der Waals surface area contributed by atoms with Gasteiger partial charge in [0.05, 0.1) is 11.0 Å². The van der Waals surface area contributed by atoms with E-state index in [0.717, 1.165) is 61.0 Å². The van der Waals surface area contributed by atoms with Crippen LogP contribution in [0.1, 0.15) is 0 Å². The Hall–Kier alpha value is -7.41. The zero-order chi connectivity index (χ0) is 37.5. The SMILES string of the molecule is c1ccc(-c2cccc(-c3nc(-c4cccc(-n5c6ccccc6c6c7c(ccc65)sc5ccccc57)c4)nc(-c4ccc5c(c4)oc4ccccc45)n3)c2)cc1. The van der Waals surface area contributed by atoms with E-state index in [4.69, 9.17) is 19.4 Å². The number of thiophene rings is 1. The maximum absolute atomic E-state index is 6.31. The molecule has 0 N–H and O–H groups in total. The average Bonchev–Trinajstić information content (AvgIpc) is 3.96. The fourth-order valence-electron chi connectivity index (χ4n) is 8.43. The van der Waals surface area contributed by atoms with Gasteiger partial charge in [-0.15, -0.1) is 11.3 Å². The number of rotatable bonds is 5. The van der Waals surface area contributed by atoms with Crippen molar-refractivity contribution >= 4 is 75.3 Å². The van der Waals surface area contributed by atoms with E-state index in [1.54, 1.807) is 0 Å². The highest BCUT2D eigenvalue weighted by molar-refractivity contribution is 7.26. The second-order valence-electron chi connectivity index (χ2n) is 14.4. The van der Waals surface area contributed by atoms with E-state index in [1.165, 1.54) is 36.5 Å².